The topological polar surface area (TPSA) is 82.4 Å². The second-order valence-corrected chi connectivity index (χ2v) is 4.79. The zero-order valence-corrected chi connectivity index (χ0v) is 12.9. The summed E-state index contributed by atoms with van der Waals surface area (Å²) < 4.78 is 4.48. The third-order valence-corrected chi connectivity index (χ3v) is 2.99. The van der Waals surface area contributed by atoms with Crippen molar-refractivity contribution in [2.45, 2.75) is 12.8 Å². The molecule has 1 aromatic carbocycles. The van der Waals surface area contributed by atoms with Gasteiger partial charge in [0.25, 0.3) is 0 Å². The molecule has 1 rings (SSSR count). The summed E-state index contributed by atoms with van der Waals surface area (Å²) in [4.78, 5) is 24.3. The molecule has 0 aromatic heterocycles. The molecular formula is C16H19N3O3. The molecule has 116 valence electrons. The monoisotopic (exact) mass is 301 g/mol. The van der Waals surface area contributed by atoms with Crippen LogP contribution < -0.4 is 5.32 Å². The second kappa shape index (κ2) is 8.47. The Hall–Kier alpha value is -2.81. The van der Waals surface area contributed by atoms with Gasteiger partial charge in [0.1, 0.15) is 6.07 Å². The summed E-state index contributed by atoms with van der Waals surface area (Å²) in [5.41, 5.74) is 1.67. The Morgan fingerprint density at radius 3 is 2.45 bits per heavy atom. The average Bonchev–Trinajstić information content (AvgIpc) is 2.53. The lowest BCUT2D eigenvalue weighted by molar-refractivity contribution is -0.135. The molecule has 1 aromatic rings. The molecular weight excluding hydrogens is 282 g/mol. The number of amides is 1. The molecule has 0 atom stereocenters. The number of aryl methyl sites for hydroxylation is 1. The maximum absolute atomic E-state index is 11.5. The molecule has 0 spiro atoms. The number of ether oxygens (including phenoxy) is 1. The number of benzene rings is 1. The van der Waals surface area contributed by atoms with Gasteiger partial charge in [-0.3, -0.25) is 4.79 Å². The first-order chi connectivity index (χ1) is 10.5. The Labute approximate surface area is 130 Å². The van der Waals surface area contributed by atoms with Crippen molar-refractivity contribution in [3.05, 3.63) is 41.6 Å². The third kappa shape index (κ3) is 5.29. The molecule has 0 heterocycles. The number of hydrogen-bond donors (Lipinski definition) is 1. The number of carbonyl (C=O) groups excluding carboxylic acids is 2. The number of carbonyl (C=O) groups is 2. The number of methoxy groups -OCH3 is 1. The highest BCUT2D eigenvalue weighted by molar-refractivity contribution is 5.93. The fourth-order valence-electron chi connectivity index (χ4n) is 1.64. The van der Waals surface area contributed by atoms with Gasteiger partial charge < -0.3 is 15.0 Å². The lowest BCUT2D eigenvalue weighted by Gasteiger charge is -2.10. The van der Waals surface area contributed by atoms with Crippen molar-refractivity contribution >= 4 is 17.6 Å². The zero-order valence-electron chi connectivity index (χ0n) is 12.9. The van der Waals surface area contributed by atoms with E-state index >= 15 is 0 Å². The van der Waals surface area contributed by atoms with Gasteiger partial charge in [0.15, 0.2) is 5.57 Å². The van der Waals surface area contributed by atoms with Gasteiger partial charge in [0.2, 0.25) is 5.91 Å². The van der Waals surface area contributed by atoms with E-state index in [0.717, 1.165) is 11.3 Å². The van der Waals surface area contributed by atoms with Crippen LogP contribution in [-0.2, 0) is 20.7 Å². The van der Waals surface area contributed by atoms with E-state index in [1.807, 2.05) is 24.3 Å². The summed E-state index contributed by atoms with van der Waals surface area (Å²) in [7, 11) is 4.68. The first-order valence-corrected chi connectivity index (χ1v) is 6.72. The van der Waals surface area contributed by atoms with Crippen LogP contribution >= 0.6 is 0 Å². The van der Waals surface area contributed by atoms with Crippen molar-refractivity contribution < 1.29 is 14.3 Å². The molecule has 0 aliphatic rings. The van der Waals surface area contributed by atoms with E-state index < -0.39 is 5.97 Å². The molecule has 6 nitrogen and oxygen atoms in total. The van der Waals surface area contributed by atoms with E-state index in [1.54, 1.807) is 25.1 Å². The number of nitrogens with zero attached hydrogens (tertiary/aromatic N) is 2. The van der Waals surface area contributed by atoms with Crippen molar-refractivity contribution in [2.75, 3.05) is 26.5 Å². The van der Waals surface area contributed by atoms with E-state index in [-0.39, 0.29) is 11.5 Å². The fraction of sp³-hybridized carbons (Fsp3) is 0.312. The number of esters is 1. The highest BCUT2D eigenvalue weighted by Crippen LogP contribution is 2.12. The Bertz CT molecular complexity index is 598. The van der Waals surface area contributed by atoms with Crippen LogP contribution in [0.15, 0.2) is 36.0 Å². The minimum Gasteiger partial charge on any atom is -0.465 e. The molecule has 0 bridgehead atoms. The third-order valence-electron chi connectivity index (χ3n) is 2.99. The Morgan fingerprint density at radius 2 is 1.95 bits per heavy atom. The molecule has 0 aliphatic heterocycles. The van der Waals surface area contributed by atoms with E-state index in [9.17, 15) is 9.59 Å². The average molecular weight is 301 g/mol. The van der Waals surface area contributed by atoms with Crippen LogP contribution in [0.25, 0.3) is 0 Å². The summed E-state index contributed by atoms with van der Waals surface area (Å²) >= 11 is 0. The molecule has 0 saturated carbocycles. The first kappa shape index (κ1) is 17.2. The standard InChI is InChI=1S/C16H19N3O3/c1-19(2)15(20)9-6-12-4-7-14(8-5-12)18-11-13(10-17)16(21)22-3/h4-5,7-8,11,18H,6,9H2,1-3H3/b13-11-. The highest BCUT2D eigenvalue weighted by atomic mass is 16.5. The second-order valence-electron chi connectivity index (χ2n) is 4.79. The largest absolute Gasteiger partial charge is 0.465 e. The van der Waals surface area contributed by atoms with Crippen molar-refractivity contribution in [3.63, 3.8) is 0 Å². The SMILES string of the molecule is COC(=O)/C(C#N)=C\Nc1ccc(CCC(=O)N(C)C)cc1. The minimum absolute atomic E-state index is 0.0851. The molecule has 0 unspecified atom stereocenters. The number of anilines is 1. The maximum atomic E-state index is 11.5. The molecule has 0 saturated heterocycles. The van der Waals surface area contributed by atoms with E-state index in [0.29, 0.717) is 12.8 Å². The van der Waals surface area contributed by atoms with Crippen molar-refractivity contribution in [3.8, 4) is 6.07 Å². The van der Waals surface area contributed by atoms with Gasteiger partial charge in [-0.25, -0.2) is 4.79 Å². The van der Waals surface area contributed by atoms with E-state index in [1.165, 1.54) is 13.3 Å². The Balaban J connectivity index is 2.62. The molecule has 22 heavy (non-hydrogen) atoms. The van der Waals surface area contributed by atoms with Gasteiger partial charge in [0.05, 0.1) is 7.11 Å². The summed E-state index contributed by atoms with van der Waals surface area (Å²) in [5.74, 6) is -0.601. The highest BCUT2D eigenvalue weighted by Gasteiger charge is 2.08. The predicted molar refractivity (Wildman–Crippen MR) is 82.8 cm³/mol. The van der Waals surface area contributed by atoms with Gasteiger partial charge >= 0.3 is 5.97 Å². The summed E-state index contributed by atoms with van der Waals surface area (Å²) in [6.45, 7) is 0. The lowest BCUT2D eigenvalue weighted by atomic mass is 10.1. The van der Waals surface area contributed by atoms with Crippen molar-refractivity contribution in [2.24, 2.45) is 0 Å². The predicted octanol–water partition coefficient (Wildman–Crippen LogP) is 1.70. The molecule has 1 N–H and O–H groups in total. The molecule has 1 amide bonds. The Morgan fingerprint density at radius 1 is 1.32 bits per heavy atom. The van der Waals surface area contributed by atoms with E-state index in [2.05, 4.69) is 10.1 Å². The number of nitriles is 1. The summed E-state index contributed by atoms with van der Waals surface area (Å²) in [5, 5.41) is 11.7. The van der Waals surface area contributed by atoms with Crippen LogP contribution in [0.4, 0.5) is 5.69 Å². The molecule has 0 radical (unpaired) electrons. The number of nitrogens with one attached hydrogen (secondary N) is 1. The van der Waals surface area contributed by atoms with Crippen LogP contribution in [0.3, 0.4) is 0 Å². The molecule has 6 heteroatoms. The van der Waals surface area contributed by atoms with Gasteiger partial charge in [-0.05, 0) is 24.1 Å². The normalized spacial score (nSPS) is 10.5. The summed E-state index contributed by atoms with van der Waals surface area (Å²) in [6, 6.07) is 9.18. The first-order valence-electron chi connectivity index (χ1n) is 6.72. The van der Waals surface area contributed by atoms with Gasteiger partial charge in [0, 0.05) is 32.4 Å². The van der Waals surface area contributed by atoms with E-state index in [4.69, 9.17) is 5.26 Å². The van der Waals surface area contributed by atoms with Crippen molar-refractivity contribution in [1.82, 2.24) is 4.90 Å². The minimum atomic E-state index is -0.686. The number of rotatable bonds is 6. The van der Waals surface area contributed by atoms with Crippen LogP contribution in [-0.4, -0.2) is 38.0 Å². The number of hydrogen-bond acceptors (Lipinski definition) is 5. The molecule has 0 aliphatic carbocycles. The lowest BCUT2D eigenvalue weighted by Crippen LogP contribution is -2.21. The van der Waals surface area contributed by atoms with Crippen LogP contribution in [0, 0.1) is 11.3 Å². The van der Waals surface area contributed by atoms with Crippen LogP contribution in [0.2, 0.25) is 0 Å². The van der Waals surface area contributed by atoms with Gasteiger partial charge in [-0.1, -0.05) is 12.1 Å². The van der Waals surface area contributed by atoms with Crippen LogP contribution in [0.5, 0.6) is 0 Å². The molecule has 0 fully saturated rings. The van der Waals surface area contributed by atoms with Crippen molar-refractivity contribution in [1.29, 1.82) is 5.26 Å². The quantitative estimate of drug-likeness (QED) is 0.491. The maximum Gasteiger partial charge on any atom is 0.350 e. The summed E-state index contributed by atoms with van der Waals surface area (Å²) in [6.07, 6.45) is 2.43. The van der Waals surface area contributed by atoms with Gasteiger partial charge in [-0.2, -0.15) is 5.26 Å². The van der Waals surface area contributed by atoms with Crippen LogP contribution in [0.1, 0.15) is 12.0 Å². The zero-order chi connectivity index (χ0) is 16.5. The fourth-order valence-corrected chi connectivity index (χ4v) is 1.64. The smallest absolute Gasteiger partial charge is 0.350 e. The van der Waals surface area contributed by atoms with Gasteiger partial charge in [-0.15, -0.1) is 0 Å². The Kier molecular flexibility index (Phi) is 6.64.